The van der Waals surface area contributed by atoms with E-state index in [2.05, 4.69) is 52.0 Å². The molecule has 258 valence electrons. The number of likely N-dealkylation sites (N-methyl/N-ethyl adjacent to an activating group) is 1. The Morgan fingerprint density at radius 1 is 0.979 bits per heavy atom. The number of fused-ring (bicyclic) bond motifs is 1. The molecule has 1 atom stereocenters. The number of unbranched alkanes of at least 4 members (excludes halogenated alkanes) is 2. The highest BCUT2D eigenvalue weighted by molar-refractivity contribution is 6.30. The lowest BCUT2D eigenvalue weighted by molar-refractivity contribution is 0.0781. The zero-order chi connectivity index (χ0) is 34.0. The molecule has 9 nitrogen and oxygen atoms in total. The van der Waals surface area contributed by atoms with Gasteiger partial charge < -0.3 is 33.9 Å². The van der Waals surface area contributed by atoms with E-state index in [-0.39, 0.29) is 11.8 Å². The summed E-state index contributed by atoms with van der Waals surface area (Å²) in [5.74, 6) is 2.35. The lowest BCUT2D eigenvalue weighted by atomic mass is 9.94. The lowest BCUT2D eigenvalue weighted by Gasteiger charge is -2.34. The van der Waals surface area contributed by atoms with Crippen LogP contribution >= 0.6 is 11.6 Å². The standard InChI is InChI=1S/C38H50ClN5O4/c1-6-7-10-19-44-33-15-9-8-14-32(33)41-38(44)40-31-17-21-43(22-18-31)20-16-28(27-12-11-13-30(39)23-27)26-42(2)37(45)29-24-34(46-3)36(48-5)35(25-29)47-4/h8-9,11-15,23-25,28,31H,6-7,10,16-22,26H2,1-5H3,(H,40,41). The second-order valence-corrected chi connectivity index (χ2v) is 13.1. The van der Waals surface area contributed by atoms with Gasteiger partial charge in [0.1, 0.15) is 0 Å². The molecule has 48 heavy (non-hydrogen) atoms. The van der Waals surface area contributed by atoms with Crippen molar-refractivity contribution in [2.24, 2.45) is 0 Å². The van der Waals surface area contributed by atoms with Crippen molar-refractivity contribution in [1.82, 2.24) is 19.4 Å². The Morgan fingerprint density at radius 3 is 2.38 bits per heavy atom. The number of aryl methyl sites for hydroxylation is 1. The van der Waals surface area contributed by atoms with Gasteiger partial charge in [0.05, 0.1) is 32.4 Å². The molecule has 0 saturated carbocycles. The molecule has 1 aliphatic rings. The topological polar surface area (TPSA) is 81.1 Å². The second-order valence-electron chi connectivity index (χ2n) is 12.7. The van der Waals surface area contributed by atoms with Crippen LogP contribution in [-0.2, 0) is 6.54 Å². The first kappa shape index (κ1) is 35.4. The molecular weight excluding hydrogens is 626 g/mol. The fraction of sp³-hybridized carbons (Fsp3) is 0.474. The quantitative estimate of drug-likeness (QED) is 0.122. The van der Waals surface area contributed by atoms with Crippen molar-refractivity contribution in [1.29, 1.82) is 0 Å². The van der Waals surface area contributed by atoms with Gasteiger partial charge in [0.25, 0.3) is 5.91 Å². The molecule has 1 fully saturated rings. The maximum atomic E-state index is 13.7. The SMILES string of the molecule is CCCCCn1c(NC2CCN(CCC(CN(C)C(=O)c3cc(OC)c(OC)c(OC)c3)c3cccc(Cl)c3)CC2)nc2ccccc21. The van der Waals surface area contributed by atoms with Crippen LogP contribution in [-0.4, -0.2) is 85.9 Å². The Kier molecular flexibility index (Phi) is 12.5. The highest BCUT2D eigenvalue weighted by Gasteiger charge is 2.25. The molecule has 0 bridgehead atoms. The van der Waals surface area contributed by atoms with E-state index < -0.39 is 0 Å². The number of likely N-dealkylation sites (tertiary alicyclic amines) is 1. The van der Waals surface area contributed by atoms with Crippen LogP contribution in [0.5, 0.6) is 17.2 Å². The van der Waals surface area contributed by atoms with E-state index in [9.17, 15) is 4.79 Å². The predicted molar refractivity (Wildman–Crippen MR) is 194 cm³/mol. The maximum Gasteiger partial charge on any atom is 0.253 e. The zero-order valence-corrected chi connectivity index (χ0v) is 29.8. The second kappa shape index (κ2) is 16.9. The number of piperidine rings is 1. The molecule has 1 N–H and O–H groups in total. The Morgan fingerprint density at radius 2 is 1.71 bits per heavy atom. The van der Waals surface area contributed by atoms with Crippen LogP contribution in [0, 0.1) is 0 Å². The number of anilines is 1. The normalized spacial score (nSPS) is 14.5. The smallest absolute Gasteiger partial charge is 0.253 e. The number of benzene rings is 3. The fourth-order valence-electron chi connectivity index (χ4n) is 6.72. The van der Waals surface area contributed by atoms with Gasteiger partial charge in [0.2, 0.25) is 11.7 Å². The van der Waals surface area contributed by atoms with Gasteiger partial charge >= 0.3 is 0 Å². The van der Waals surface area contributed by atoms with Crippen molar-refractivity contribution in [3.05, 3.63) is 76.8 Å². The molecule has 10 heteroatoms. The highest BCUT2D eigenvalue weighted by atomic mass is 35.5. The van der Waals surface area contributed by atoms with E-state index in [0.29, 0.717) is 40.4 Å². The van der Waals surface area contributed by atoms with Crippen molar-refractivity contribution < 1.29 is 19.0 Å². The monoisotopic (exact) mass is 675 g/mol. The number of rotatable bonds is 16. The molecule has 1 aliphatic heterocycles. The largest absolute Gasteiger partial charge is 0.493 e. The van der Waals surface area contributed by atoms with Crippen LogP contribution in [0.25, 0.3) is 11.0 Å². The van der Waals surface area contributed by atoms with Gasteiger partial charge in [-0.15, -0.1) is 0 Å². The van der Waals surface area contributed by atoms with Gasteiger partial charge in [-0.05, 0) is 74.2 Å². The lowest BCUT2D eigenvalue weighted by Crippen LogP contribution is -2.40. The summed E-state index contributed by atoms with van der Waals surface area (Å²) in [7, 11) is 6.49. The van der Waals surface area contributed by atoms with E-state index in [4.69, 9.17) is 30.8 Å². The average Bonchev–Trinajstić information content (AvgIpc) is 3.46. The van der Waals surface area contributed by atoms with Crippen molar-refractivity contribution in [3.63, 3.8) is 0 Å². The predicted octanol–water partition coefficient (Wildman–Crippen LogP) is 7.73. The number of para-hydroxylation sites is 2. The minimum absolute atomic E-state index is 0.110. The third-order valence-electron chi connectivity index (χ3n) is 9.43. The first-order chi connectivity index (χ1) is 23.3. The van der Waals surface area contributed by atoms with Crippen molar-refractivity contribution in [2.75, 3.05) is 59.9 Å². The molecule has 4 aromatic rings. The van der Waals surface area contributed by atoms with Crippen LogP contribution < -0.4 is 19.5 Å². The molecule has 1 saturated heterocycles. The van der Waals surface area contributed by atoms with Crippen LogP contribution in [0.4, 0.5) is 5.95 Å². The number of amides is 1. The summed E-state index contributed by atoms with van der Waals surface area (Å²) in [6, 6.07) is 20.2. The summed E-state index contributed by atoms with van der Waals surface area (Å²) in [6.45, 7) is 6.73. The molecule has 5 rings (SSSR count). The fourth-order valence-corrected chi connectivity index (χ4v) is 6.91. The zero-order valence-electron chi connectivity index (χ0n) is 29.0. The summed E-state index contributed by atoms with van der Waals surface area (Å²) < 4.78 is 18.8. The molecule has 3 aromatic carbocycles. The highest BCUT2D eigenvalue weighted by Crippen LogP contribution is 2.38. The van der Waals surface area contributed by atoms with Crippen molar-refractivity contribution in [3.8, 4) is 17.2 Å². The van der Waals surface area contributed by atoms with Crippen molar-refractivity contribution >= 4 is 34.5 Å². The van der Waals surface area contributed by atoms with E-state index in [1.165, 1.54) is 18.4 Å². The Bertz CT molecular complexity index is 1630. The number of imidazole rings is 1. The van der Waals surface area contributed by atoms with Gasteiger partial charge in [-0.2, -0.15) is 0 Å². The summed E-state index contributed by atoms with van der Waals surface area (Å²) in [4.78, 5) is 23.0. The third-order valence-corrected chi connectivity index (χ3v) is 9.66. The summed E-state index contributed by atoms with van der Waals surface area (Å²) in [5.41, 5.74) is 3.86. The van der Waals surface area contributed by atoms with Gasteiger partial charge in [-0.1, -0.05) is 55.6 Å². The molecule has 1 aromatic heterocycles. The van der Waals surface area contributed by atoms with Gasteiger partial charge in [0.15, 0.2) is 11.5 Å². The molecule has 1 unspecified atom stereocenters. The number of nitrogens with one attached hydrogen (secondary N) is 1. The van der Waals surface area contributed by atoms with Gasteiger partial charge in [-0.3, -0.25) is 4.79 Å². The number of aromatic nitrogens is 2. The van der Waals surface area contributed by atoms with Crippen LogP contribution in [0.15, 0.2) is 60.7 Å². The number of carbonyl (C=O) groups is 1. The number of hydrogen-bond donors (Lipinski definition) is 1. The number of hydrogen-bond acceptors (Lipinski definition) is 7. The maximum absolute atomic E-state index is 13.7. The molecule has 2 heterocycles. The molecule has 0 radical (unpaired) electrons. The van der Waals surface area contributed by atoms with Crippen LogP contribution in [0.3, 0.4) is 0 Å². The number of nitrogens with zero attached hydrogens (tertiary/aromatic N) is 4. The number of ether oxygens (including phenoxy) is 3. The molecular formula is C38H50ClN5O4. The minimum atomic E-state index is -0.117. The first-order valence-electron chi connectivity index (χ1n) is 17.1. The third kappa shape index (κ3) is 8.55. The van der Waals surface area contributed by atoms with Crippen molar-refractivity contribution in [2.45, 2.75) is 64.0 Å². The summed E-state index contributed by atoms with van der Waals surface area (Å²) in [5, 5.41) is 4.50. The molecule has 0 aliphatic carbocycles. The molecule has 0 spiro atoms. The van der Waals surface area contributed by atoms with Gasteiger partial charge in [0, 0.05) is 55.8 Å². The minimum Gasteiger partial charge on any atom is -0.493 e. The van der Waals surface area contributed by atoms with E-state index >= 15 is 0 Å². The Labute approximate surface area is 290 Å². The van der Waals surface area contributed by atoms with Crippen LogP contribution in [0.1, 0.15) is 67.3 Å². The van der Waals surface area contributed by atoms with E-state index in [1.54, 1.807) is 38.4 Å². The van der Waals surface area contributed by atoms with E-state index in [0.717, 1.165) is 68.9 Å². The number of carbonyl (C=O) groups excluding carboxylic acids is 1. The number of methoxy groups -OCH3 is 3. The Balaban J connectivity index is 1.22. The van der Waals surface area contributed by atoms with E-state index in [1.807, 2.05) is 25.2 Å². The molecule has 1 amide bonds. The average molecular weight is 676 g/mol. The first-order valence-corrected chi connectivity index (χ1v) is 17.5. The van der Waals surface area contributed by atoms with Gasteiger partial charge in [-0.25, -0.2) is 4.98 Å². The van der Waals surface area contributed by atoms with Crippen LogP contribution in [0.2, 0.25) is 5.02 Å². The summed E-state index contributed by atoms with van der Waals surface area (Å²) >= 11 is 6.44. The Hall–Kier alpha value is -3.95. The summed E-state index contributed by atoms with van der Waals surface area (Å²) in [6.07, 6.45) is 6.58. The number of halogens is 1.